The largest absolute Gasteiger partial charge is 0.463 e. The van der Waals surface area contributed by atoms with Crippen LogP contribution in [0.5, 0.6) is 0 Å². The lowest BCUT2D eigenvalue weighted by atomic mass is 10.1. The molecule has 9 heteroatoms. The molecule has 1 saturated heterocycles. The van der Waals surface area contributed by atoms with E-state index in [2.05, 4.69) is 20.2 Å². The molecule has 0 radical (unpaired) electrons. The fourth-order valence-electron chi connectivity index (χ4n) is 3.50. The number of furan rings is 1. The Morgan fingerprint density at radius 3 is 2.48 bits per heavy atom. The summed E-state index contributed by atoms with van der Waals surface area (Å²) in [5.41, 5.74) is 1.34. The molecule has 1 aromatic carbocycles. The Kier molecular flexibility index (Phi) is 5.97. The molecule has 1 fully saturated rings. The zero-order valence-electron chi connectivity index (χ0n) is 17.6. The van der Waals surface area contributed by atoms with Crippen molar-refractivity contribution in [1.82, 2.24) is 9.97 Å². The Labute approximate surface area is 193 Å². The fraction of sp³-hybridized carbons (Fsp3) is 0.167. The third kappa shape index (κ3) is 4.55. The van der Waals surface area contributed by atoms with Crippen molar-refractivity contribution in [3.05, 3.63) is 83.1 Å². The lowest BCUT2D eigenvalue weighted by molar-refractivity contribution is 0.102. The van der Waals surface area contributed by atoms with E-state index in [1.54, 1.807) is 42.5 Å². The molecule has 1 amide bonds. The molecule has 0 bridgehead atoms. The summed E-state index contributed by atoms with van der Waals surface area (Å²) < 4.78 is 10.8. The van der Waals surface area contributed by atoms with E-state index in [0.717, 1.165) is 30.2 Å². The molecule has 33 heavy (non-hydrogen) atoms. The third-order valence-electron chi connectivity index (χ3n) is 5.19. The number of carbonyl (C=O) groups is 2. The number of aromatic nitrogens is 2. The summed E-state index contributed by atoms with van der Waals surface area (Å²) in [5, 5.41) is 3.10. The number of hydrogen-bond acceptors (Lipinski definition) is 8. The second-order valence-electron chi connectivity index (χ2n) is 7.33. The first kappa shape index (κ1) is 21.0. The normalized spacial score (nSPS) is 13.6. The van der Waals surface area contributed by atoms with Crippen molar-refractivity contribution in [3.8, 4) is 11.5 Å². The molecule has 166 valence electrons. The standard InChI is InChI=1S/C24H20N4O4S/c29-21(16-5-2-1-3-6-16)22-20(18-7-4-12-32-18)26-24(33-22)27-23(30)17-8-9-19(25-15-17)28-10-13-31-14-11-28/h1-9,12,15H,10-11,13-14H2,(H,26,27,30). The number of nitrogens with zero attached hydrogens (tertiary/aromatic N) is 3. The highest BCUT2D eigenvalue weighted by Crippen LogP contribution is 2.33. The third-order valence-corrected chi connectivity index (χ3v) is 6.16. The lowest BCUT2D eigenvalue weighted by Crippen LogP contribution is -2.36. The van der Waals surface area contributed by atoms with Crippen molar-refractivity contribution in [1.29, 1.82) is 0 Å². The smallest absolute Gasteiger partial charge is 0.259 e. The Bertz CT molecular complexity index is 1250. The topological polar surface area (TPSA) is 97.6 Å². The van der Waals surface area contributed by atoms with Gasteiger partial charge in [-0.1, -0.05) is 41.7 Å². The van der Waals surface area contributed by atoms with E-state index in [1.807, 2.05) is 12.1 Å². The van der Waals surface area contributed by atoms with Gasteiger partial charge in [-0.05, 0) is 24.3 Å². The molecular weight excluding hydrogens is 440 g/mol. The molecular formula is C24H20N4O4S. The van der Waals surface area contributed by atoms with Crippen LogP contribution in [0.1, 0.15) is 25.6 Å². The van der Waals surface area contributed by atoms with Crippen LogP contribution in [0, 0.1) is 0 Å². The first-order valence-electron chi connectivity index (χ1n) is 10.4. The molecule has 0 spiro atoms. The molecule has 8 nitrogen and oxygen atoms in total. The number of thiazole rings is 1. The van der Waals surface area contributed by atoms with E-state index < -0.39 is 0 Å². The van der Waals surface area contributed by atoms with E-state index >= 15 is 0 Å². The van der Waals surface area contributed by atoms with Crippen LogP contribution in [0.3, 0.4) is 0 Å². The highest BCUT2D eigenvalue weighted by molar-refractivity contribution is 7.18. The number of ketones is 1. The summed E-state index contributed by atoms with van der Waals surface area (Å²) in [5.74, 6) is 0.730. The van der Waals surface area contributed by atoms with Crippen LogP contribution in [-0.2, 0) is 4.74 Å². The molecule has 0 saturated carbocycles. The van der Waals surface area contributed by atoms with Gasteiger partial charge < -0.3 is 14.1 Å². The SMILES string of the molecule is O=C(Nc1nc(-c2ccco2)c(C(=O)c2ccccc2)s1)c1ccc(N2CCOCC2)nc1. The van der Waals surface area contributed by atoms with Crippen molar-refractivity contribution >= 4 is 34.0 Å². The molecule has 3 aromatic heterocycles. The summed E-state index contributed by atoms with van der Waals surface area (Å²) in [6.07, 6.45) is 3.06. The Morgan fingerprint density at radius 2 is 1.79 bits per heavy atom. The molecule has 0 aliphatic carbocycles. The zero-order chi connectivity index (χ0) is 22.6. The average Bonchev–Trinajstić information content (AvgIpc) is 3.55. The number of morpholine rings is 1. The predicted molar refractivity (Wildman–Crippen MR) is 125 cm³/mol. The maximum atomic E-state index is 13.1. The maximum Gasteiger partial charge on any atom is 0.259 e. The van der Waals surface area contributed by atoms with Gasteiger partial charge in [0, 0.05) is 24.8 Å². The van der Waals surface area contributed by atoms with Crippen LogP contribution in [0.4, 0.5) is 10.9 Å². The predicted octanol–water partition coefficient (Wildman–Crippen LogP) is 4.12. The molecule has 5 rings (SSSR count). The molecule has 0 atom stereocenters. The van der Waals surface area contributed by atoms with Crippen molar-refractivity contribution in [2.75, 3.05) is 36.5 Å². The molecule has 0 unspecified atom stereocenters. The maximum absolute atomic E-state index is 13.1. The summed E-state index contributed by atoms with van der Waals surface area (Å²) in [4.78, 5) is 37.3. The lowest BCUT2D eigenvalue weighted by Gasteiger charge is -2.27. The number of amides is 1. The van der Waals surface area contributed by atoms with E-state index in [4.69, 9.17) is 9.15 Å². The van der Waals surface area contributed by atoms with Gasteiger partial charge in [0.25, 0.3) is 5.91 Å². The fourth-order valence-corrected chi connectivity index (χ4v) is 4.43. The zero-order valence-corrected chi connectivity index (χ0v) is 18.4. The van der Waals surface area contributed by atoms with Crippen molar-refractivity contribution in [2.45, 2.75) is 0 Å². The number of hydrogen-bond donors (Lipinski definition) is 1. The van der Waals surface area contributed by atoms with Crippen molar-refractivity contribution in [3.63, 3.8) is 0 Å². The van der Waals surface area contributed by atoms with E-state index in [0.29, 0.717) is 45.8 Å². The second-order valence-corrected chi connectivity index (χ2v) is 8.33. The van der Waals surface area contributed by atoms with Crippen LogP contribution in [-0.4, -0.2) is 48.0 Å². The second kappa shape index (κ2) is 9.35. The van der Waals surface area contributed by atoms with Crippen molar-refractivity contribution < 1.29 is 18.7 Å². The highest BCUT2D eigenvalue weighted by atomic mass is 32.1. The van der Waals surface area contributed by atoms with Gasteiger partial charge in [0.15, 0.2) is 10.9 Å². The number of nitrogens with one attached hydrogen (secondary N) is 1. The molecule has 1 aliphatic heterocycles. The van der Waals surface area contributed by atoms with Crippen LogP contribution in [0.2, 0.25) is 0 Å². The Morgan fingerprint density at radius 1 is 0.970 bits per heavy atom. The van der Waals surface area contributed by atoms with E-state index in [-0.39, 0.29) is 11.7 Å². The average molecular weight is 461 g/mol. The molecule has 4 aromatic rings. The van der Waals surface area contributed by atoms with E-state index in [9.17, 15) is 9.59 Å². The summed E-state index contributed by atoms with van der Waals surface area (Å²) in [7, 11) is 0. The number of benzene rings is 1. The van der Waals surface area contributed by atoms with Gasteiger partial charge in [0.2, 0.25) is 5.78 Å². The molecule has 4 heterocycles. The minimum atomic E-state index is -0.352. The summed E-state index contributed by atoms with van der Waals surface area (Å²) in [6, 6.07) is 15.9. The quantitative estimate of drug-likeness (QED) is 0.432. The van der Waals surface area contributed by atoms with Crippen LogP contribution in [0.25, 0.3) is 11.5 Å². The number of pyridine rings is 1. The number of rotatable bonds is 6. The van der Waals surface area contributed by atoms with Gasteiger partial charge in [0.1, 0.15) is 16.4 Å². The van der Waals surface area contributed by atoms with Gasteiger partial charge in [-0.3, -0.25) is 14.9 Å². The number of ether oxygens (including phenoxy) is 1. The number of carbonyl (C=O) groups excluding carboxylic acids is 2. The van der Waals surface area contributed by atoms with Gasteiger partial charge >= 0.3 is 0 Å². The van der Waals surface area contributed by atoms with Gasteiger partial charge in [-0.2, -0.15) is 0 Å². The highest BCUT2D eigenvalue weighted by Gasteiger charge is 2.23. The molecule has 1 N–H and O–H groups in total. The van der Waals surface area contributed by atoms with Crippen LogP contribution >= 0.6 is 11.3 Å². The van der Waals surface area contributed by atoms with E-state index in [1.165, 1.54) is 12.5 Å². The van der Waals surface area contributed by atoms with Crippen LogP contribution < -0.4 is 10.2 Å². The number of anilines is 2. The summed E-state index contributed by atoms with van der Waals surface area (Å²) >= 11 is 1.11. The van der Waals surface area contributed by atoms with Crippen LogP contribution in [0.15, 0.2) is 71.5 Å². The Hall–Kier alpha value is -3.82. The van der Waals surface area contributed by atoms with Gasteiger partial charge in [-0.25, -0.2) is 9.97 Å². The molecule has 1 aliphatic rings. The minimum Gasteiger partial charge on any atom is -0.463 e. The van der Waals surface area contributed by atoms with Crippen molar-refractivity contribution in [2.24, 2.45) is 0 Å². The Balaban J connectivity index is 1.38. The monoisotopic (exact) mass is 460 g/mol. The first-order chi connectivity index (χ1) is 16.2. The first-order valence-corrected chi connectivity index (χ1v) is 11.3. The summed E-state index contributed by atoms with van der Waals surface area (Å²) in [6.45, 7) is 2.86. The minimum absolute atomic E-state index is 0.184. The van der Waals surface area contributed by atoms with Gasteiger partial charge in [0.05, 0.1) is 25.0 Å². The van der Waals surface area contributed by atoms with Gasteiger partial charge in [-0.15, -0.1) is 0 Å².